The molecule has 4 rings (SSSR count). The summed E-state index contributed by atoms with van der Waals surface area (Å²) in [5.41, 5.74) is 1.89. The molecule has 0 N–H and O–H groups in total. The fourth-order valence-corrected chi connectivity index (χ4v) is 4.02. The second-order valence-corrected chi connectivity index (χ2v) is 7.03. The van der Waals surface area contributed by atoms with Gasteiger partial charge in [-0.15, -0.1) is 0 Å². The van der Waals surface area contributed by atoms with E-state index in [1.165, 1.54) is 6.07 Å². The maximum Gasteiger partial charge on any atom is 0.148 e. The quantitative estimate of drug-likeness (QED) is 0.334. The zero-order chi connectivity index (χ0) is 16.0. The van der Waals surface area contributed by atoms with Gasteiger partial charge in [0.25, 0.3) is 0 Å². The van der Waals surface area contributed by atoms with Crippen LogP contribution in [0, 0.1) is 11.6 Å². The minimum Gasteiger partial charge on any atom is -0.305 e. The molecule has 114 valence electrons. The number of benzene rings is 3. The highest BCUT2D eigenvalue weighted by atomic mass is 79.9. The van der Waals surface area contributed by atoms with Gasteiger partial charge >= 0.3 is 0 Å². The highest BCUT2D eigenvalue weighted by Crippen LogP contribution is 2.51. The average Bonchev–Trinajstić information content (AvgIpc) is 2.56. The highest BCUT2D eigenvalue weighted by molar-refractivity contribution is 9.10. The Balaban J connectivity index is 2.00. The number of nitrogens with zero attached hydrogens (tertiary/aromatic N) is 1. The van der Waals surface area contributed by atoms with Gasteiger partial charge in [-0.3, -0.25) is 0 Å². The number of hydrogen-bond donors (Lipinski definition) is 0. The van der Waals surface area contributed by atoms with Crippen molar-refractivity contribution < 1.29 is 8.78 Å². The highest BCUT2D eigenvalue weighted by Gasteiger charge is 2.26. The first-order valence-corrected chi connectivity index (χ1v) is 8.56. The van der Waals surface area contributed by atoms with Crippen molar-refractivity contribution in [3.05, 3.63) is 76.8 Å². The Bertz CT molecular complexity index is 868. The SMILES string of the molecule is Fc1cc(N2c3ccccc3Sc3ccccc32)c(F)cc1Br. The van der Waals surface area contributed by atoms with Crippen LogP contribution in [0.2, 0.25) is 0 Å². The molecule has 3 aromatic carbocycles. The van der Waals surface area contributed by atoms with E-state index in [4.69, 9.17) is 0 Å². The molecular formula is C18H10BrF2NS. The molecule has 0 radical (unpaired) electrons. The fourth-order valence-electron chi connectivity index (χ4n) is 2.65. The van der Waals surface area contributed by atoms with Crippen LogP contribution in [0.4, 0.5) is 25.8 Å². The molecule has 23 heavy (non-hydrogen) atoms. The maximum atomic E-state index is 14.6. The third kappa shape index (κ3) is 2.44. The first-order valence-electron chi connectivity index (χ1n) is 6.96. The monoisotopic (exact) mass is 389 g/mol. The van der Waals surface area contributed by atoms with Crippen LogP contribution in [0.15, 0.2) is 74.9 Å². The summed E-state index contributed by atoms with van der Waals surface area (Å²) in [7, 11) is 0. The summed E-state index contributed by atoms with van der Waals surface area (Å²) in [5.74, 6) is -0.968. The van der Waals surface area contributed by atoms with Crippen molar-refractivity contribution >= 4 is 44.8 Å². The molecule has 0 aromatic heterocycles. The van der Waals surface area contributed by atoms with E-state index in [1.807, 2.05) is 48.5 Å². The molecule has 0 saturated heterocycles. The second-order valence-electron chi connectivity index (χ2n) is 5.09. The zero-order valence-corrected chi connectivity index (χ0v) is 14.2. The van der Waals surface area contributed by atoms with Crippen LogP contribution in [-0.2, 0) is 0 Å². The molecule has 1 aliphatic rings. The molecule has 0 saturated carbocycles. The van der Waals surface area contributed by atoms with E-state index in [2.05, 4.69) is 15.9 Å². The van der Waals surface area contributed by atoms with Gasteiger partial charge < -0.3 is 4.90 Å². The van der Waals surface area contributed by atoms with Crippen LogP contribution in [0.5, 0.6) is 0 Å². The average molecular weight is 390 g/mol. The summed E-state index contributed by atoms with van der Waals surface area (Å²) in [5, 5.41) is 0. The predicted molar refractivity (Wildman–Crippen MR) is 92.9 cm³/mol. The molecule has 0 fully saturated rings. The smallest absolute Gasteiger partial charge is 0.148 e. The normalized spacial score (nSPS) is 12.7. The Kier molecular flexibility index (Phi) is 3.62. The molecule has 0 unspecified atom stereocenters. The summed E-state index contributed by atoms with van der Waals surface area (Å²) < 4.78 is 28.7. The molecule has 0 amide bonds. The van der Waals surface area contributed by atoms with Gasteiger partial charge in [0, 0.05) is 15.9 Å². The first kappa shape index (κ1) is 14.7. The van der Waals surface area contributed by atoms with Crippen molar-refractivity contribution in [3.8, 4) is 0 Å². The minimum atomic E-state index is -0.491. The van der Waals surface area contributed by atoms with Gasteiger partial charge in [-0.25, -0.2) is 8.78 Å². The second kappa shape index (κ2) is 5.65. The van der Waals surface area contributed by atoms with E-state index in [1.54, 1.807) is 16.7 Å². The van der Waals surface area contributed by atoms with E-state index >= 15 is 0 Å². The van der Waals surface area contributed by atoms with Crippen LogP contribution >= 0.6 is 27.7 Å². The van der Waals surface area contributed by atoms with Gasteiger partial charge in [0.2, 0.25) is 0 Å². The van der Waals surface area contributed by atoms with Gasteiger partial charge in [-0.1, -0.05) is 36.0 Å². The van der Waals surface area contributed by atoms with Crippen LogP contribution in [-0.4, -0.2) is 0 Å². The molecule has 0 spiro atoms. The topological polar surface area (TPSA) is 3.24 Å². The van der Waals surface area contributed by atoms with Crippen molar-refractivity contribution in [3.63, 3.8) is 0 Å². The van der Waals surface area contributed by atoms with E-state index in [0.29, 0.717) is 0 Å². The Morgan fingerprint density at radius 2 is 1.30 bits per heavy atom. The van der Waals surface area contributed by atoms with Gasteiger partial charge in [-0.05, 0) is 46.3 Å². The Morgan fingerprint density at radius 3 is 1.91 bits per heavy atom. The van der Waals surface area contributed by atoms with Crippen LogP contribution in [0.1, 0.15) is 0 Å². The lowest BCUT2D eigenvalue weighted by atomic mass is 10.1. The van der Waals surface area contributed by atoms with Gasteiger partial charge in [-0.2, -0.15) is 0 Å². The number of hydrogen-bond acceptors (Lipinski definition) is 2. The lowest BCUT2D eigenvalue weighted by Gasteiger charge is -2.33. The van der Waals surface area contributed by atoms with Gasteiger partial charge in [0.15, 0.2) is 0 Å². The zero-order valence-electron chi connectivity index (χ0n) is 11.8. The molecule has 0 bridgehead atoms. The standard InChI is InChI=1S/C18H10BrF2NS/c19-11-9-13(21)16(10-12(11)20)22-14-5-1-3-7-17(14)23-18-8-4-2-6-15(18)22/h1-10H. The van der Waals surface area contributed by atoms with Gasteiger partial charge in [0.05, 0.1) is 21.5 Å². The molecule has 5 heteroatoms. The minimum absolute atomic E-state index is 0.117. The number of halogens is 3. The van der Waals surface area contributed by atoms with E-state index < -0.39 is 11.6 Å². The van der Waals surface area contributed by atoms with E-state index in [-0.39, 0.29) is 10.2 Å². The Hall–Kier alpha value is -1.85. The number of anilines is 3. The molecule has 0 atom stereocenters. The van der Waals surface area contributed by atoms with Crippen molar-refractivity contribution in [1.29, 1.82) is 0 Å². The lowest BCUT2D eigenvalue weighted by molar-refractivity contribution is 0.595. The maximum absolute atomic E-state index is 14.6. The van der Waals surface area contributed by atoms with Crippen LogP contribution in [0.3, 0.4) is 0 Å². The fraction of sp³-hybridized carbons (Fsp3) is 0. The summed E-state index contributed by atoms with van der Waals surface area (Å²) in [6, 6.07) is 17.9. The molecule has 1 aliphatic heterocycles. The largest absolute Gasteiger partial charge is 0.305 e. The third-order valence-corrected chi connectivity index (χ3v) is 5.40. The first-order chi connectivity index (χ1) is 11.1. The van der Waals surface area contributed by atoms with Crippen molar-refractivity contribution in [2.75, 3.05) is 4.90 Å². The summed E-state index contributed by atoms with van der Waals surface area (Å²) in [4.78, 5) is 3.79. The number of fused-ring (bicyclic) bond motifs is 2. The Labute approximate surface area is 145 Å². The van der Waals surface area contributed by atoms with Crippen LogP contribution in [0.25, 0.3) is 0 Å². The molecule has 3 aromatic rings. The van der Waals surface area contributed by atoms with Crippen molar-refractivity contribution in [1.82, 2.24) is 0 Å². The predicted octanol–water partition coefficient (Wildman–Crippen LogP) is 6.66. The van der Waals surface area contributed by atoms with E-state index in [0.717, 1.165) is 27.2 Å². The van der Waals surface area contributed by atoms with E-state index in [9.17, 15) is 8.78 Å². The Morgan fingerprint density at radius 1 is 0.739 bits per heavy atom. The van der Waals surface area contributed by atoms with Crippen LogP contribution < -0.4 is 4.90 Å². The van der Waals surface area contributed by atoms with Crippen molar-refractivity contribution in [2.45, 2.75) is 9.79 Å². The molecule has 0 aliphatic carbocycles. The lowest BCUT2D eigenvalue weighted by Crippen LogP contribution is -2.16. The summed E-state index contributed by atoms with van der Waals surface area (Å²) in [6.07, 6.45) is 0. The van der Waals surface area contributed by atoms with Crippen molar-refractivity contribution in [2.24, 2.45) is 0 Å². The summed E-state index contributed by atoms with van der Waals surface area (Å²) in [6.45, 7) is 0. The third-order valence-electron chi connectivity index (χ3n) is 3.66. The summed E-state index contributed by atoms with van der Waals surface area (Å²) >= 11 is 4.66. The molecule has 1 heterocycles. The van der Waals surface area contributed by atoms with Gasteiger partial charge in [0.1, 0.15) is 11.6 Å². The number of para-hydroxylation sites is 2. The number of rotatable bonds is 1. The molecular weight excluding hydrogens is 380 g/mol. The molecule has 1 nitrogen and oxygen atoms in total.